The van der Waals surface area contributed by atoms with Crippen molar-refractivity contribution in [3.8, 4) is 0 Å². The number of aliphatic hydroxyl groups is 2. The molecule has 0 radical (unpaired) electrons. The third kappa shape index (κ3) is 4.70. The number of fused-ring (bicyclic) bond motifs is 2. The van der Waals surface area contributed by atoms with Crippen LogP contribution in [0.1, 0.15) is 57.8 Å². The number of rotatable bonds is 8. The van der Waals surface area contributed by atoms with Crippen molar-refractivity contribution in [2.75, 3.05) is 6.61 Å². The SMILES string of the molecule is O=C(OCCCCCCC(O)(C(F)(F)F)C(F)(F)F)C1CC2CCC1(O)C2. The minimum absolute atomic E-state index is 0.00110. The first-order valence-corrected chi connectivity index (χ1v) is 9.05. The van der Waals surface area contributed by atoms with E-state index in [4.69, 9.17) is 9.84 Å². The lowest BCUT2D eigenvalue weighted by atomic mass is 9.85. The lowest BCUT2D eigenvalue weighted by molar-refractivity contribution is -0.370. The van der Waals surface area contributed by atoms with Crippen LogP contribution >= 0.6 is 0 Å². The van der Waals surface area contributed by atoms with Crippen LogP contribution in [0.2, 0.25) is 0 Å². The molecule has 2 fully saturated rings. The number of carbonyl (C=O) groups excluding carboxylic acids is 1. The predicted molar refractivity (Wildman–Crippen MR) is 81.5 cm³/mol. The maximum atomic E-state index is 12.5. The maximum absolute atomic E-state index is 12.5. The van der Waals surface area contributed by atoms with Gasteiger partial charge in [0.15, 0.2) is 0 Å². The summed E-state index contributed by atoms with van der Waals surface area (Å²) in [6.07, 6.45) is -10.3. The molecule has 3 atom stereocenters. The van der Waals surface area contributed by atoms with Crippen LogP contribution in [0.25, 0.3) is 0 Å². The second kappa shape index (κ2) is 7.77. The van der Waals surface area contributed by atoms with Gasteiger partial charge in [-0.2, -0.15) is 26.3 Å². The van der Waals surface area contributed by atoms with E-state index < -0.39 is 48.3 Å². The van der Waals surface area contributed by atoms with E-state index in [9.17, 15) is 36.2 Å². The van der Waals surface area contributed by atoms with Crippen LogP contribution in [0.15, 0.2) is 0 Å². The summed E-state index contributed by atoms with van der Waals surface area (Å²) in [5, 5.41) is 19.4. The molecule has 3 unspecified atom stereocenters. The number of halogens is 6. The standard InChI is InChI=1S/C17H24F6O4/c18-16(19,20)15(26,17(21,22)23)6-3-1-2-4-8-27-13(24)12-9-11-5-7-14(12,25)10-11/h11-12,25-26H,1-10H2. The van der Waals surface area contributed by atoms with Gasteiger partial charge in [-0.3, -0.25) is 4.79 Å². The summed E-state index contributed by atoms with van der Waals surface area (Å²) >= 11 is 0. The van der Waals surface area contributed by atoms with Crippen LogP contribution in [-0.2, 0) is 9.53 Å². The van der Waals surface area contributed by atoms with Crippen LogP contribution in [0.3, 0.4) is 0 Å². The van der Waals surface area contributed by atoms with Crippen LogP contribution in [0.5, 0.6) is 0 Å². The summed E-state index contributed by atoms with van der Waals surface area (Å²) in [6, 6.07) is 0. The fourth-order valence-corrected chi connectivity index (χ4v) is 4.10. The highest BCUT2D eigenvalue weighted by atomic mass is 19.4. The molecular weight excluding hydrogens is 382 g/mol. The summed E-state index contributed by atoms with van der Waals surface area (Å²) in [5.41, 5.74) is -5.70. The summed E-state index contributed by atoms with van der Waals surface area (Å²) in [5.74, 6) is -0.721. The average Bonchev–Trinajstić information content (AvgIpc) is 3.06. The fourth-order valence-electron chi connectivity index (χ4n) is 4.10. The molecular formula is C17H24F6O4. The van der Waals surface area contributed by atoms with Gasteiger partial charge in [-0.15, -0.1) is 0 Å². The lowest BCUT2D eigenvalue weighted by Gasteiger charge is -2.32. The van der Waals surface area contributed by atoms with Gasteiger partial charge in [0.05, 0.1) is 18.1 Å². The monoisotopic (exact) mass is 406 g/mol. The van der Waals surface area contributed by atoms with E-state index in [1.807, 2.05) is 0 Å². The van der Waals surface area contributed by atoms with E-state index in [0.29, 0.717) is 25.2 Å². The first kappa shape index (κ1) is 22.3. The molecule has 0 aliphatic heterocycles. The molecule has 4 nitrogen and oxygen atoms in total. The Morgan fingerprint density at radius 3 is 2.11 bits per heavy atom. The zero-order valence-electron chi connectivity index (χ0n) is 14.7. The minimum Gasteiger partial charge on any atom is -0.465 e. The summed E-state index contributed by atoms with van der Waals surface area (Å²) in [6.45, 7) is -0.00110. The minimum atomic E-state index is -5.79. The molecule has 2 aliphatic carbocycles. The molecule has 0 aromatic rings. The topological polar surface area (TPSA) is 66.8 Å². The molecule has 158 valence electrons. The Morgan fingerprint density at radius 1 is 1.04 bits per heavy atom. The Labute approximate surface area is 152 Å². The summed E-state index contributed by atoms with van der Waals surface area (Å²) < 4.78 is 80.2. The summed E-state index contributed by atoms with van der Waals surface area (Å²) in [4.78, 5) is 12.0. The third-order valence-corrected chi connectivity index (χ3v) is 5.74. The molecule has 2 bridgehead atoms. The van der Waals surface area contributed by atoms with Crippen molar-refractivity contribution in [2.45, 2.75) is 81.3 Å². The molecule has 0 heterocycles. The number of hydrogen-bond donors (Lipinski definition) is 2. The van der Waals surface area contributed by atoms with Gasteiger partial charge in [0, 0.05) is 0 Å². The molecule has 2 aliphatic rings. The van der Waals surface area contributed by atoms with Crippen molar-refractivity contribution in [3.63, 3.8) is 0 Å². The number of ether oxygens (including phenoxy) is 1. The van der Waals surface area contributed by atoms with Crippen molar-refractivity contribution in [1.29, 1.82) is 0 Å². The molecule has 0 amide bonds. The van der Waals surface area contributed by atoms with Gasteiger partial charge in [0.2, 0.25) is 0 Å². The molecule has 0 aromatic carbocycles. The normalized spacial score (nSPS) is 28.6. The number of carbonyl (C=O) groups is 1. The van der Waals surface area contributed by atoms with Crippen molar-refractivity contribution >= 4 is 5.97 Å². The molecule has 2 N–H and O–H groups in total. The van der Waals surface area contributed by atoms with Gasteiger partial charge in [-0.05, 0) is 50.9 Å². The van der Waals surface area contributed by atoms with Crippen molar-refractivity contribution < 1.29 is 46.1 Å². The highest BCUT2D eigenvalue weighted by molar-refractivity contribution is 5.74. The van der Waals surface area contributed by atoms with E-state index in [0.717, 1.165) is 6.42 Å². The van der Waals surface area contributed by atoms with Crippen LogP contribution in [0.4, 0.5) is 26.3 Å². The predicted octanol–water partition coefficient (Wildman–Crippen LogP) is 3.89. The first-order chi connectivity index (χ1) is 12.3. The quantitative estimate of drug-likeness (QED) is 0.365. The molecule has 0 aromatic heterocycles. The number of unbranched alkanes of at least 4 members (excludes halogenated alkanes) is 3. The Morgan fingerprint density at radius 2 is 1.63 bits per heavy atom. The lowest BCUT2D eigenvalue weighted by Crippen LogP contribution is -2.56. The molecule has 2 saturated carbocycles. The number of alkyl halides is 6. The van der Waals surface area contributed by atoms with E-state index in [2.05, 4.69) is 0 Å². The maximum Gasteiger partial charge on any atom is 0.426 e. The Balaban J connectivity index is 1.64. The molecule has 27 heavy (non-hydrogen) atoms. The Hall–Kier alpha value is -1.03. The van der Waals surface area contributed by atoms with Crippen molar-refractivity contribution in [1.82, 2.24) is 0 Å². The number of esters is 1. The van der Waals surface area contributed by atoms with Crippen molar-refractivity contribution in [3.05, 3.63) is 0 Å². The van der Waals surface area contributed by atoms with Gasteiger partial charge in [-0.25, -0.2) is 0 Å². The van der Waals surface area contributed by atoms with E-state index in [1.165, 1.54) is 0 Å². The highest BCUT2D eigenvalue weighted by Crippen LogP contribution is 2.51. The zero-order chi connectivity index (χ0) is 20.5. The second-order valence-corrected chi connectivity index (χ2v) is 7.69. The average molecular weight is 406 g/mol. The van der Waals surface area contributed by atoms with Gasteiger partial charge >= 0.3 is 18.3 Å². The largest absolute Gasteiger partial charge is 0.465 e. The smallest absolute Gasteiger partial charge is 0.426 e. The number of hydrogen-bond acceptors (Lipinski definition) is 4. The van der Waals surface area contributed by atoms with Crippen molar-refractivity contribution in [2.24, 2.45) is 11.8 Å². The van der Waals surface area contributed by atoms with E-state index >= 15 is 0 Å². The Bertz CT molecular complexity index is 518. The van der Waals surface area contributed by atoms with E-state index in [1.54, 1.807) is 0 Å². The van der Waals surface area contributed by atoms with Crippen LogP contribution < -0.4 is 0 Å². The van der Waals surface area contributed by atoms with Crippen LogP contribution in [0, 0.1) is 11.8 Å². The zero-order valence-corrected chi connectivity index (χ0v) is 14.7. The second-order valence-electron chi connectivity index (χ2n) is 7.69. The first-order valence-electron chi connectivity index (χ1n) is 9.05. The summed E-state index contributed by atoms with van der Waals surface area (Å²) in [7, 11) is 0. The Kier molecular flexibility index (Phi) is 6.41. The fraction of sp³-hybridized carbons (Fsp3) is 0.941. The van der Waals surface area contributed by atoms with Gasteiger partial charge in [0.25, 0.3) is 5.60 Å². The van der Waals surface area contributed by atoms with E-state index in [-0.39, 0.29) is 25.9 Å². The van der Waals surface area contributed by atoms with Gasteiger partial charge in [-0.1, -0.05) is 12.8 Å². The molecule has 2 rings (SSSR count). The highest BCUT2D eigenvalue weighted by Gasteiger charge is 2.69. The molecule has 10 heteroatoms. The van der Waals surface area contributed by atoms with Gasteiger partial charge in [0.1, 0.15) is 0 Å². The van der Waals surface area contributed by atoms with Gasteiger partial charge < -0.3 is 14.9 Å². The molecule has 0 spiro atoms. The van der Waals surface area contributed by atoms with Crippen LogP contribution in [-0.4, -0.2) is 46.3 Å². The molecule has 0 saturated heterocycles. The third-order valence-electron chi connectivity index (χ3n) is 5.74.